The predicted molar refractivity (Wildman–Crippen MR) is 87.0 cm³/mol. The van der Waals surface area contributed by atoms with Crippen LogP contribution in [0.3, 0.4) is 0 Å². The van der Waals surface area contributed by atoms with Crippen molar-refractivity contribution in [1.29, 1.82) is 0 Å². The molecule has 0 aromatic heterocycles. The first kappa shape index (κ1) is 15.3. The van der Waals surface area contributed by atoms with Crippen molar-refractivity contribution in [2.24, 2.45) is 0 Å². The fraction of sp³-hybridized carbons (Fsp3) is 0.263. The van der Waals surface area contributed by atoms with Crippen LogP contribution in [0.25, 0.3) is 0 Å². The average molecular weight is 309 g/mol. The topological polar surface area (TPSA) is 46.6 Å². The van der Waals surface area contributed by atoms with Crippen molar-refractivity contribution < 1.29 is 14.3 Å². The van der Waals surface area contributed by atoms with Gasteiger partial charge in [0.1, 0.15) is 0 Å². The normalized spacial score (nSPS) is 16.6. The van der Waals surface area contributed by atoms with Gasteiger partial charge in [0.2, 0.25) is 0 Å². The van der Waals surface area contributed by atoms with Crippen LogP contribution in [-0.4, -0.2) is 29.9 Å². The lowest BCUT2D eigenvalue weighted by molar-refractivity contribution is -0.149. The molecule has 1 atom stereocenters. The number of fused-ring (bicyclic) bond motifs is 1. The molecule has 1 aliphatic heterocycles. The molecule has 3 rings (SSSR count). The van der Waals surface area contributed by atoms with Crippen LogP contribution in [0.4, 0.5) is 0 Å². The molecule has 0 fully saturated rings. The van der Waals surface area contributed by atoms with Gasteiger partial charge >= 0.3 is 5.97 Å². The summed E-state index contributed by atoms with van der Waals surface area (Å²) < 4.78 is 5.22. The van der Waals surface area contributed by atoms with Crippen LogP contribution in [0.2, 0.25) is 0 Å². The van der Waals surface area contributed by atoms with Crippen molar-refractivity contribution in [2.45, 2.75) is 19.4 Å². The monoisotopic (exact) mass is 309 g/mol. The first-order valence-corrected chi connectivity index (χ1v) is 7.83. The molecule has 0 bridgehead atoms. The van der Waals surface area contributed by atoms with Gasteiger partial charge in [-0.2, -0.15) is 0 Å². The van der Waals surface area contributed by atoms with Crippen molar-refractivity contribution in [3.8, 4) is 0 Å². The number of benzene rings is 2. The lowest BCUT2D eigenvalue weighted by atomic mass is 9.92. The van der Waals surface area contributed by atoms with Gasteiger partial charge in [0.05, 0.1) is 6.61 Å². The van der Waals surface area contributed by atoms with Crippen LogP contribution < -0.4 is 0 Å². The highest BCUT2D eigenvalue weighted by atomic mass is 16.5. The van der Waals surface area contributed by atoms with E-state index in [1.165, 1.54) is 0 Å². The molecule has 0 spiro atoms. The van der Waals surface area contributed by atoms with Crippen LogP contribution in [-0.2, 0) is 16.0 Å². The first-order chi connectivity index (χ1) is 11.2. The first-order valence-electron chi connectivity index (χ1n) is 7.83. The molecule has 2 aromatic rings. The van der Waals surface area contributed by atoms with E-state index in [1.807, 2.05) is 42.5 Å². The van der Waals surface area contributed by atoms with E-state index in [4.69, 9.17) is 4.74 Å². The van der Waals surface area contributed by atoms with Gasteiger partial charge in [0, 0.05) is 12.1 Å². The van der Waals surface area contributed by atoms with E-state index in [-0.39, 0.29) is 11.9 Å². The van der Waals surface area contributed by atoms with Gasteiger partial charge in [-0.25, -0.2) is 4.79 Å². The molecule has 0 aliphatic carbocycles. The van der Waals surface area contributed by atoms with Gasteiger partial charge in [-0.1, -0.05) is 42.5 Å². The molecule has 4 nitrogen and oxygen atoms in total. The Labute approximate surface area is 135 Å². The Balaban J connectivity index is 1.99. The summed E-state index contributed by atoms with van der Waals surface area (Å²) in [6.07, 6.45) is 0.741. The van der Waals surface area contributed by atoms with Gasteiger partial charge in [-0.05, 0) is 36.6 Å². The minimum absolute atomic E-state index is 0.141. The van der Waals surface area contributed by atoms with Crippen LogP contribution in [0.5, 0.6) is 0 Å². The average Bonchev–Trinajstić information content (AvgIpc) is 2.61. The zero-order chi connectivity index (χ0) is 16.2. The molecule has 2 aromatic carbocycles. The van der Waals surface area contributed by atoms with Crippen molar-refractivity contribution in [1.82, 2.24) is 4.90 Å². The summed E-state index contributed by atoms with van der Waals surface area (Å²) in [5.41, 5.74) is 2.55. The van der Waals surface area contributed by atoms with Crippen molar-refractivity contribution >= 4 is 11.9 Å². The summed E-state index contributed by atoms with van der Waals surface area (Å²) in [4.78, 5) is 27.0. The predicted octanol–water partition coefficient (Wildman–Crippen LogP) is 2.99. The third-order valence-corrected chi connectivity index (χ3v) is 4.07. The number of hydrogen-bond acceptors (Lipinski definition) is 3. The zero-order valence-corrected chi connectivity index (χ0v) is 13.1. The summed E-state index contributed by atoms with van der Waals surface area (Å²) in [5.74, 6) is -0.512. The Hall–Kier alpha value is -2.62. The molecule has 1 heterocycles. The molecule has 23 heavy (non-hydrogen) atoms. The number of carbonyl (C=O) groups is 2. The second-order valence-electron chi connectivity index (χ2n) is 5.47. The van der Waals surface area contributed by atoms with Crippen LogP contribution in [0.1, 0.15) is 34.5 Å². The second-order valence-corrected chi connectivity index (χ2v) is 5.47. The third kappa shape index (κ3) is 2.97. The third-order valence-electron chi connectivity index (χ3n) is 4.07. The number of carbonyl (C=O) groups excluding carboxylic acids is 2. The number of rotatable bonds is 3. The summed E-state index contributed by atoms with van der Waals surface area (Å²) in [6.45, 7) is 2.58. The van der Waals surface area contributed by atoms with Crippen LogP contribution in [0, 0.1) is 0 Å². The molecular formula is C19H19NO3. The molecule has 0 saturated carbocycles. The minimum Gasteiger partial charge on any atom is -0.464 e. The lowest BCUT2D eigenvalue weighted by Crippen LogP contribution is -2.44. The Morgan fingerprint density at radius 2 is 1.78 bits per heavy atom. The molecule has 1 amide bonds. The molecule has 0 radical (unpaired) electrons. The Bertz CT molecular complexity index is 712. The largest absolute Gasteiger partial charge is 0.464 e. The number of nitrogens with zero attached hydrogens (tertiary/aromatic N) is 1. The quantitative estimate of drug-likeness (QED) is 0.819. The van der Waals surface area contributed by atoms with E-state index in [9.17, 15) is 9.59 Å². The van der Waals surface area contributed by atoms with Crippen molar-refractivity contribution in [2.75, 3.05) is 13.2 Å². The lowest BCUT2D eigenvalue weighted by Gasteiger charge is -2.35. The number of ether oxygens (including phenoxy) is 1. The maximum atomic E-state index is 12.8. The maximum absolute atomic E-state index is 12.8. The molecule has 1 unspecified atom stereocenters. The van der Waals surface area contributed by atoms with E-state index >= 15 is 0 Å². The van der Waals surface area contributed by atoms with E-state index < -0.39 is 6.04 Å². The van der Waals surface area contributed by atoms with E-state index in [1.54, 1.807) is 24.0 Å². The van der Waals surface area contributed by atoms with Gasteiger partial charge in [0.15, 0.2) is 6.04 Å². The van der Waals surface area contributed by atoms with E-state index in [2.05, 4.69) is 0 Å². The summed E-state index contributed by atoms with van der Waals surface area (Å²) in [5, 5.41) is 0. The zero-order valence-electron chi connectivity index (χ0n) is 13.1. The molecular weight excluding hydrogens is 290 g/mol. The Kier molecular flexibility index (Phi) is 4.42. The fourth-order valence-electron chi connectivity index (χ4n) is 3.01. The van der Waals surface area contributed by atoms with Gasteiger partial charge in [-0.15, -0.1) is 0 Å². The van der Waals surface area contributed by atoms with E-state index in [0.717, 1.165) is 17.5 Å². The molecule has 0 saturated heterocycles. The standard InChI is InChI=1S/C19H19NO3/c1-2-23-19(22)17-16-11-7-6-8-14(16)12-13-20(17)18(21)15-9-4-3-5-10-15/h3-11,17H,2,12-13H2,1H3. The SMILES string of the molecule is CCOC(=O)C1c2ccccc2CCN1C(=O)c1ccccc1. The van der Waals surface area contributed by atoms with Crippen LogP contribution >= 0.6 is 0 Å². The molecule has 1 aliphatic rings. The Morgan fingerprint density at radius 1 is 1.09 bits per heavy atom. The Morgan fingerprint density at radius 3 is 2.52 bits per heavy atom. The maximum Gasteiger partial charge on any atom is 0.333 e. The minimum atomic E-state index is -0.674. The van der Waals surface area contributed by atoms with Crippen LogP contribution in [0.15, 0.2) is 54.6 Å². The second kappa shape index (κ2) is 6.65. The van der Waals surface area contributed by atoms with Crippen molar-refractivity contribution in [3.05, 3.63) is 71.3 Å². The molecule has 4 heteroatoms. The van der Waals surface area contributed by atoms with Crippen molar-refractivity contribution in [3.63, 3.8) is 0 Å². The number of amides is 1. The highest BCUT2D eigenvalue weighted by Gasteiger charge is 2.37. The fourth-order valence-corrected chi connectivity index (χ4v) is 3.01. The number of hydrogen-bond donors (Lipinski definition) is 0. The smallest absolute Gasteiger partial charge is 0.333 e. The van der Waals surface area contributed by atoms with Gasteiger partial charge < -0.3 is 9.64 Å². The van der Waals surface area contributed by atoms with Gasteiger partial charge in [-0.3, -0.25) is 4.79 Å². The highest BCUT2D eigenvalue weighted by Crippen LogP contribution is 2.31. The highest BCUT2D eigenvalue weighted by molar-refractivity contribution is 5.97. The summed E-state index contributed by atoms with van der Waals surface area (Å²) in [6, 6.07) is 16.1. The summed E-state index contributed by atoms with van der Waals surface area (Å²) in [7, 11) is 0. The molecule has 0 N–H and O–H groups in total. The van der Waals surface area contributed by atoms with E-state index in [0.29, 0.717) is 18.7 Å². The summed E-state index contributed by atoms with van der Waals surface area (Å²) >= 11 is 0. The number of esters is 1. The molecule has 118 valence electrons. The van der Waals surface area contributed by atoms with Gasteiger partial charge in [0.25, 0.3) is 5.91 Å².